The number of ether oxygens (including phenoxy) is 3. The Kier molecular flexibility index (Phi) is 12.2. The van der Waals surface area contributed by atoms with E-state index in [0.717, 1.165) is 4.47 Å². The quantitative estimate of drug-likeness (QED) is 0.0837. The second-order valence-electron chi connectivity index (χ2n) is 9.63. The molecule has 0 fully saturated rings. The van der Waals surface area contributed by atoms with Crippen LogP contribution in [0.1, 0.15) is 24.5 Å². The minimum absolute atomic E-state index is 0.116. The maximum absolute atomic E-state index is 13.2. The number of anilines is 3. The second-order valence-corrected chi connectivity index (χ2v) is 10.5. The molecule has 10 heteroatoms. The van der Waals surface area contributed by atoms with Gasteiger partial charge >= 0.3 is 6.09 Å². The number of aliphatic hydroxyl groups excluding tert-OH is 1. The van der Waals surface area contributed by atoms with Crippen molar-refractivity contribution in [1.82, 2.24) is 0 Å². The van der Waals surface area contributed by atoms with Crippen LogP contribution in [-0.2, 0) is 9.53 Å². The van der Waals surface area contributed by atoms with Crippen LogP contribution in [0.5, 0.6) is 11.5 Å². The second kappa shape index (κ2) is 16.7. The minimum atomic E-state index is -0.866. The number of rotatable bonds is 14. The molecule has 0 aliphatic heterocycles. The normalized spacial score (nSPS) is 12.2. The Morgan fingerprint density at radius 2 is 1.61 bits per heavy atom. The van der Waals surface area contributed by atoms with Crippen molar-refractivity contribution in [1.29, 1.82) is 0 Å². The molecule has 0 saturated carbocycles. The van der Waals surface area contributed by atoms with Crippen LogP contribution in [0.3, 0.4) is 0 Å². The number of allylic oxidation sites excluding steroid dienone is 1. The molecule has 0 bridgehead atoms. The maximum Gasteiger partial charge on any atom is 0.412 e. The molecule has 5 N–H and O–H groups in total. The predicted molar refractivity (Wildman–Crippen MR) is 175 cm³/mol. The molecule has 0 heterocycles. The highest BCUT2D eigenvalue weighted by Gasteiger charge is 2.29. The van der Waals surface area contributed by atoms with Gasteiger partial charge in [0.25, 0.3) is 0 Å². The van der Waals surface area contributed by atoms with Gasteiger partial charge in [0.2, 0.25) is 5.91 Å². The topological polar surface area (TPSA) is 132 Å². The molecule has 0 radical (unpaired) electrons. The zero-order valence-corrected chi connectivity index (χ0v) is 25.5. The molecular formula is C34H34BrN3O6. The molecule has 44 heavy (non-hydrogen) atoms. The van der Waals surface area contributed by atoms with Crippen LogP contribution >= 0.6 is 15.9 Å². The van der Waals surface area contributed by atoms with E-state index < -0.39 is 18.3 Å². The Morgan fingerprint density at radius 1 is 0.886 bits per heavy atom. The van der Waals surface area contributed by atoms with Gasteiger partial charge in [-0.25, -0.2) is 4.79 Å². The summed E-state index contributed by atoms with van der Waals surface area (Å²) in [6.07, 6.45) is 1.80. The molecule has 0 aliphatic carbocycles. The van der Waals surface area contributed by atoms with Crippen LogP contribution in [0.4, 0.5) is 21.9 Å². The Hall–Kier alpha value is -4.80. The van der Waals surface area contributed by atoms with E-state index in [9.17, 15) is 14.7 Å². The number of nitrogens with two attached hydrogens (primary N) is 1. The first-order valence-corrected chi connectivity index (χ1v) is 14.8. The highest BCUT2D eigenvalue weighted by Crippen LogP contribution is 2.31. The molecule has 0 unspecified atom stereocenters. The number of para-hydroxylation sites is 3. The molecule has 4 rings (SSSR count). The number of halogens is 1. The van der Waals surface area contributed by atoms with Crippen LogP contribution in [-0.4, -0.2) is 36.4 Å². The number of nitrogens with one attached hydrogen (secondary N) is 2. The highest BCUT2D eigenvalue weighted by molar-refractivity contribution is 9.10. The average molecular weight is 661 g/mol. The zero-order valence-electron chi connectivity index (χ0n) is 23.9. The van der Waals surface area contributed by atoms with Gasteiger partial charge in [-0.15, -0.1) is 0 Å². The molecule has 4 aromatic carbocycles. The van der Waals surface area contributed by atoms with Crippen LogP contribution in [0, 0.1) is 0 Å². The van der Waals surface area contributed by atoms with Crippen molar-refractivity contribution in [3.8, 4) is 11.5 Å². The monoisotopic (exact) mass is 659 g/mol. The molecule has 0 saturated heterocycles. The van der Waals surface area contributed by atoms with E-state index in [1.54, 1.807) is 60.7 Å². The van der Waals surface area contributed by atoms with Gasteiger partial charge in [0, 0.05) is 10.2 Å². The lowest BCUT2D eigenvalue weighted by Crippen LogP contribution is -2.31. The van der Waals surface area contributed by atoms with Crippen LogP contribution < -0.4 is 25.8 Å². The van der Waals surface area contributed by atoms with Crippen molar-refractivity contribution < 1.29 is 28.9 Å². The summed E-state index contributed by atoms with van der Waals surface area (Å²) in [7, 11) is 0. The third kappa shape index (κ3) is 10.2. The number of aliphatic hydroxyl groups is 1. The zero-order chi connectivity index (χ0) is 31.1. The molecule has 0 spiro atoms. The largest absolute Gasteiger partial charge is 0.491 e. The van der Waals surface area contributed by atoms with Gasteiger partial charge in [-0.2, -0.15) is 0 Å². The lowest BCUT2D eigenvalue weighted by atomic mass is 9.99. The van der Waals surface area contributed by atoms with E-state index in [-0.39, 0.29) is 19.1 Å². The Bertz CT molecular complexity index is 1530. The number of hydrogen-bond acceptors (Lipinski definition) is 7. The maximum atomic E-state index is 13.2. The number of hydrogen-bond donors (Lipinski definition) is 4. The van der Waals surface area contributed by atoms with E-state index in [0.29, 0.717) is 47.0 Å². The third-order valence-corrected chi connectivity index (χ3v) is 6.87. The number of amides is 2. The Balaban J connectivity index is 1.56. The van der Waals surface area contributed by atoms with Crippen molar-refractivity contribution in [3.05, 3.63) is 125 Å². The average Bonchev–Trinajstić information content (AvgIpc) is 3.03. The van der Waals surface area contributed by atoms with Gasteiger partial charge in [0.1, 0.15) is 24.2 Å². The van der Waals surface area contributed by atoms with Gasteiger partial charge in [0.05, 0.1) is 18.0 Å². The fourth-order valence-electron chi connectivity index (χ4n) is 4.28. The molecular weight excluding hydrogens is 626 g/mol. The predicted octanol–water partition coefficient (Wildman–Crippen LogP) is 7.11. The fourth-order valence-corrected chi connectivity index (χ4v) is 4.55. The van der Waals surface area contributed by atoms with E-state index >= 15 is 0 Å². The van der Waals surface area contributed by atoms with E-state index in [2.05, 4.69) is 26.6 Å². The summed E-state index contributed by atoms with van der Waals surface area (Å²) in [5, 5.41) is 14.8. The van der Waals surface area contributed by atoms with Crippen molar-refractivity contribution in [3.63, 3.8) is 0 Å². The minimum Gasteiger partial charge on any atom is -0.491 e. The van der Waals surface area contributed by atoms with Gasteiger partial charge in [-0.1, -0.05) is 64.5 Å². The first-order chi connectivity index (χ1) is 21.4. The lowest BCUT2D eigenvalue weighted by molar-refractivity contribution is -0.111. The molecule has 2 atom stereocenters. The van der Waals surface area contributed by atoms with Gasteiger partial charge < -0.3 is 30.4 Å². The van der Waals surface area contributed by atoms with E-state index in [4.69, 9.17) is 19.9 Å². The first-order valence-electron chi connectivity index (χ1n) is 14.0. The number of nitrogen functional groups attached to an aromatic ring is 1. The highest BCUT2D eigenvalue weighted by atomic mass is 79.9. The molecule has 4 aromatic rings. The summed E-state index contributed by atoms with van der Waals surface area (Å²) in [5.74, 6) is 0.779. The fraction of sp³-hybridized carbons (Fsp3) is 0.176. The van der Waals surface area contributed by atoms with Crippen molar-refractivity contribution in [2.45, 2.75) is 25.0 Å². The summed E-state index contributed by atoms with van der Waals surface area (Å²) >= 11 is 3.39. The molecule has 9 nitrogen and oxygen atoms in total. The van der Waals surface area contributed by atoms with Crippen LogP contribution in [0.2, 0.25) is 0 Å². The van der Waals surface area contributed by atoms with Crippen molar-refractivity contribution in [2.24, 2.45) is 0 Å². The SMILES string of the molecule is Nc1ccccc1NC(=O)/C=C/CC[C@H](Oc1ccccc1)[C@@H](OC(=O)Nc1ccc(Br)cc1)c1cccc(OCCO)c1. The smallest absolute Gasteiger partial charge is 0.412 e. The molecule has 2 amide bonds. The van der Waals surface area contributed by atoms with Crippen LogP contribution in [0.25, 0.3) is 0 Å². The van der Waals surface area contributed by atoms with E-state index in [1.807, 2.05) is 48.5 Å². The number of carbonyl (C=O) groups is 2. The number of benzene rings is 4. The third-order valence-electron chi connectivity index (χ3n) is 6.35. The molecule has 0 aliphatic rings. The van der Waals surface area contributed by atoms with Crippen LogP contribution in [0.15, 0.2) is 120 Å². The summed E-state index contributed by atoms with van der Waals surface area (Å²) in [6.45, 7) is -0.0270. The summed E-state index contributed by atoms with van der Waals surface area (Å²) in [5.41, 5.74) is 8.12. The summed E-state index contributed by atoms with van der Waals surface area (Å²) < 4.78 is 18.9. The number of carbonyl (C=O) groups excluding carboxylic acids is 2. The first kappa shape index (κ1) is 32.1. The van der Waals surface area contributed by atoms with Crippen molar-refractivity contribution in [2.75, 3.05) is 29.6 Å². The lowest BCUT2D eigenvalue weighted by Gasteiger charge is -2.28. The van der Waals surface area contributed by atoms with Crippen molar-refractivity contribution >= 4 is 45.0 Å². The summed E-state index contributed by atoms with van der Waals surface area (Å²) in [4.78, 5) is 25.7. The Labute approximate surface area is 264 Å². The van der Waals surface area contributed by atoms with Gasteiger partial charge in [-0.05, 0) is 85.1 Å². The standard InChI is InChI=1S/C34H34BrN3O6/c35-25-17-19-26(20-18-25)37-34(41)44-33(24-9-8-12-28(23-24)42-22-21-39)31(43-27-10-2-1-3-11-27)15-6-7-16-32(40)38-30-14-5-4-13-29(30)36/h1-5,7-14,16-20,23,31,33,39H,6,15,21-22,36H2,(H,37,41)(H,38,40)/b16-7+/t31-,33-/m0/s1. The summed E-state index contributed by atoms with van der Waals surface area (Å²) in [6, 6.07) is 30.5. The van der Waals surface area contributed by atoms with E-state index in [1.165, 1.54) is 6.08 Å². The van der Waals surface area contributed by atoms with Gasteiger partial charge in [-0.3, -0.25) is 10.1 Å². The molecule has 228 valence electrons. The van der Waals surface area contributed by atoms with Gasteiger partial charge in [0.15, 0.2) is 6.10 Å². The Morgan fingerprint density at radius 3 is 2.36 bits per heavy atom. The molecule has 0 aromatic heterocycles.